The van der Waals surface area contributed by atoms with Crippen molar-refractivity contribution in [3.63, 3.8) is 0 Å². The highest BCUT2D eigenvalue weighted by molar-refractivity contribution is 7.99. The van der Waals surface area contributed by atoms with Crippen LogP contribution in [0.5, 0.6) is 0 Å². The summed E-state index contributed by atoms with van der Waals surface area (Å²) in [4.78, 5) is 48.3. The number of rotatable bonds is 3. The largest absolute Gasteiger partial charge is 0.353 e. The van der Waals surface area contributed by atoms with Crippen LogP contribution in [0.4, 0.5) is 22.7 Å². The quantitative estimate of drug-likeness (QED) is 0.237. The van der Waals surface area contributed by atoms with Gasteiger partial charge in [-0.3, -0.25) is 29.5 Å². The molecule has 43 heavy (non-hydrogen) atoms. The molecule has 2 amide bonds. The van der Waals surface area contributed by atoms with E-state index in [1.807, 2.05) is 79.7 Å². The van der Waals surface area contributed by atoms with Crippen LogP contribution in [0.25, 0.3) is 0 Å². The summed E-state index contributed by atoms with van der Waals surface area (Å²) in [7, 11) is 1.72. The normalized spacial score (nSPS) is 27.4. The van der Waals surface area contributed by atoms with E-state index in [-0.39, 0.29) is 29.0 Å². The van der Waals surface area contributed by atoms with E-state index in [9.17, 15) is 10.1 Å². The van der Waals surface area contributed by atoms with Gasteiger partial charge in [0.15, 0.2) is 5.69 Å². The van der Waals surface area contributed by atoms with Crippen molar-refractivity contribution in [3.05, 3.63) is 111 Å². The summed E-state index contributed by atoms with van der Waals surface area (Å²) in [5, 5.41) is 16.6. The van der Waals surface area contributed by atoms with Crippen molar-refractivity contribution in [1.82, 2.24) is 10.1 Å². The van der Waals surface area contributed by atoms with Crippen LogP contribution < -0.4 is 9.80 Å². The maximum Gasteiger partial charge on any atom is 0.334 e. The number of aromatic nitrogens is 1. The minimum absolute atomic E-state index is 0.0384. The van der Waals surface area contributed by atoms with Gasteiger partial charge in [-0.1, -0.05) is 59.3 Å². The molecule has 0 N–H and O–H groups in total. The third kappa shape index (κ3) is 2.91. The van der Waals surface area contributed by atoms with Crippen molar-refractivity contribution in [2.45, 2.75) is 36.8 Å². The Labute approximate surface area is 251 Å². The fraction of sp³-hybridized carbons (Fsp3) is 0.281. The first-order valence-electron chi connectivity index (χ1n) is 14.1. The predicted octanol–water partition coefficient (Wildman–Crippen LogP) is 5.16. The van der Waals surface area contributed by atoms with E-state index in [0.29, 0.717) is 39.8 Å². The first-order valence-corrected chi connectivity index (χ1v) is 15.2. The van der Waals surface area contributed by atoms with Gasteiger partial charge >= 0.3 is 5.69 Å². The Bertz CT molecular complexity index is 1880. The number of nitrogens with zero attached hydrogens (tertiary/aromatic N) is 5. The number of aryl methyl sites for hydroxylation is 2. The maximum atomic E-state index is 15.6. The van der Waals surface area contributed by atoms with Gasteiger partial charge in [0.05, 0.1) is 16.5 Å². The zero-order valence-corrected chi connectivity index (χ0v) is 24.5. The topological polar surface area (TPSA) is 113 Å². The molecule has 2 saturated heterocycles. The molecule has 4 aliphatic heterocycles. The molecule has 8 rings (SSSR count). The Morgan fingerprint density at radius 1 is 0.977 bits per heavy atom. The minimum Gasteiger partial charge on any atom is -0.353 e. The van der Waals surface area contributed by atoms with E-state index in [0.717, 1.165) is 5.56 Å². The number of hydrogen-bond donors (Lipinski definition) is 0. The van der Waals surface area contributed by atoms with Crippen LogP contribution in [0.2, 0.25) is 0 Å². The summed E-state index contributed by atoms with van der Waals surface area (Å²) in [6.07, 6.45) is 0. The second-order valence-corrected chi connectivity index (χ2v) is 12.6. The third-order valence-electron chi connectivity index (χ3n) is 9.74. The van der Waals surface area contributed by atoms with E-state index < -0.39 is 27.8 Å². The number of carbonyl (C=O) groups excluding carboxylic acids is 2. The van der Waals surface area contributed by atoms with Crippen LogP contribution in [0.1, 0.15) is 34.1 Å². The molecule has 5 heterocycles. The van der Waals surface area contributed by atoms with Crippen molar-refractivity contribution >= 4 is 46.3 Å². The van der Waals surface area contributed by atoms with Crippen LogP contribution >= 0.6 is 11.8 Å². The summed E-state index contributed by atoms with van der Waals surface area (Å²) in [6, 6.07) is 22.4. The number of carbonyl (C=O) groups is 2. The maximum absolute atomic E-state index is 15.6. The molecule has 3 aromatic carbocycles. The lowest BCUT2D eigenvalue weighted by Gasteiger charge is -2.44. The van der Waals surface area contributed by atoms with Crippen LogP contribution in [0, 0.1) is 24.0 Å². The second-order valence-electron chi connectivity index (χ2n) is 11.6. The first kappa shape index (κ1) is 26.2. The lowest BCUT2D eigenvalue weighted by molar-refractivity contribution is -0.386. The minimum atomic E-state index is -1.58. The molecule has 11 heteroatoms. The van der Waals surface area contributed by atoms with Crippen molar-refractivity contribution < 1.29 is 19.0 Å². The number of likely N-dealkylation sites (N-methyl/N-ethyl adjacent to an activating group) is 1. The van der Waals surface area contributed by atoms with Crippen LogP contribution in [-0.2, 0) is 20.5 Å². The SMILES string of the molecule is Cc1ccc2c(c1)[C@]1(C(=O)N2C)[C@H](c2onc(C)c2[N+](=O)[O-])C2CSCN2[C@]12C(=O)N(c1ccccc1)c1ccccc12. The van der Waals surface area contributed by atoms with E-state index in [1.165, 1.54) is 6.92 Å². The summed E-state index contributed by atoms with van der Waals surface area (Å²) in [6.45, 7) is 3.49. The number of para-hydroxylation sites is 2. The highest BCUT2D eigenvalue weighted by atomic mass is 32.2. The van der Waals surface area contributed by atoms with Gasteiger partial charge in [0.1, 0.15) is 11.0 Å². The van der Waals surface area contributed by atoms with E-state index in [4.69, 9.17) is 4.52 Å². The Kier molecular flexibility index (Phi) is 5.34. The van der Waals surface area contributed by atoms with Crippen LogP contribution in [0.3, 0.4) is 0 Å². The molecular formula is C32H27N5O5S. The van der Waals surface area contributed by atoms with E-state index >= 15 is 9.59 Å². The average Bonchev–Trinajstić information content (AvgIpc) is 3.77. The average molecular weight is 594 g/mol. The molecule has 1 aromatic heterocycles. The van der Waals surface area contributed by atoms with Gasteiger partial charge < -0.3 is 9.42 Å². The Balaban J connectivity index is 1.55. The molecule has 0 bridgehead atoms. The fourth-order valence-corrected chi connectivity index (χ4v) is 9.55. The lowest BCUT2D eigenvalue weighted by atomic mass is 9.58. The molecule has 2 fully saturated rings. The monoisotopic (exact) mass is 593 g/mol. The van der Waals surface area contributed by atoms with Gasteiger partial charge in [-0.05, 0) is 43.7 Å². The highest BCUT2D eigenvalue weighted by Crippen LogP contribution is 2.72. The van der Waals surface area contributed by atoms with Crippen molar-refractivity contribution in [2.75, 3.05) is 28.5 Å². The van der Waals surface area contributed by atoms with Crippen molar-refractivity contribution in [2.24, 2.45) is 0 Å². The molecule has 0 saturated carbocycles. The van der Waals surface area contributed by atoms with E-state index in [1.54, 1.807) is 28.6 Å². The van der Waals surface area contributed by atoms with Crippen molar-refractivity contribution in [3.8, 4) is 0 Å². The van der Waals surface area contributed by atoms with Gasteiger partial charge in [-0.2, -0.15) is 0 Å². The Morgan fingerprint density at radius 2 is 1.72 bits per heavy atom. The molecule has 4 aliphatic rings. The lowest BCUT2D eigenvalue weighted by Crippen LogP contribution is -2.63. The standard InChI is InChI=1S/C32H27N5O5S/c1-18-13-14-23-22(15-18)31(29(38)34(23)3)26(28-27(37(40)41)19(2)33-42-28)25-16-43-17-35(25)32(31)21-11-7-8-12-24(21)36(30(32)39)20-9-5-4-6-10-20/h4-15,25-26H,16-17H2,1-3H3/t25?,26-,31+,32+/m0/s1. The summed E-state index contributed by atoms with van der Waals surface area (Å²) in [5.41, 5.74) is 1.14. The third-order valence-corrected chi connectivity index (χ3v) is 10.8. The van der Waals surface area contributed by atoms with Gasteiger partial charge in [0, 0.05) is 41.7 Å². The number of thioether (sulfide) groups is 1. The number of anilines is 3. The smallest absolute Gasteiger partial charge is 0.334 e. The Hall–Kier alpha value is -4.48. The fourth-order valence-electron chi connectivity index (χ4n) is 8.25. The summed E-state index contributed by atoms with van der Waals surface area (Å²) < 4.78 is 5.88. The van der Waals surface area contributed by atoms with Crippen LogP contribution in [0.15, 0.2) is 77.3 Å². The van der Waals surface area contributed by atoms with Crippen LogP contribution in [-0.4, -0.2) is 51.5 Å². The number of hydrogen-bond acceptors (Lipinski definition) is 8. The molecule has 4 aromatic rings. The van der Waals surface area contributed by atoms with Gasteiger partial charge in [0.2, 0.25) is 11.7 Å². The zero-order chi connectivity index (χ0) is 29.8. The molecule has 1 unspecified atom stereocenters. The molecule has 4 atom stereocenters. The summed E-state index contributed by atoms with van der Waals surface area (Å²) in [5.74, 6) is -0.357. The summed E-state index contributed by atoms with van der Waals surface area (Å²) >= 11 is 1.65. The number of nitro groups is 1. The molecule has 10 nitrogen and oxygen atoms in total. The second kappa shape index (κ2) is 8.77. The molecular weight excluding hydrogens is 566 g/mol. The van der Waals surface area contributed by atoms with E-state index in [2.05, 4.69) is 10.1 Å². The molecule has 0 radical (unpaired) electrons. The van der Waals surface area contributed by atoms with Gasteiger partial charge in [-0.25, -0.2) is 0 Å². The zero-order valence-electron chi connectivity index (χ0n) is 23.7. The van der Waals surface area contributed by atoms with Gasteiger partial charge in [0.25, 0.3) is 5.91 Å². The molecule has 2 spiro atoms. The number of amides is 2. The Morgan fingerprint density at radius 3 is 2.49 bits per heavy atom. The number of benzene rings is 3. The predicted molar refractivity (Wildman–Crippen MR) is 162 cm³/mol. The number of fused-ring (bicyclic) bond motifs is 7. The van der Waals surface area contributed by atoms with Crippen molar-refractivity contribution in [1.29, 1.82) is 0 Å². The van der Waals surface area contributed by atoms with Gasteiger partial charge in [-0.15, -0.1) is 11.8 Å². The highest BCUT2D eigenvalue weighted by Gasteiger charge is 2.83. The molecule has 0 aliphatic carbocycles. The molecule has 216 valence electrons. The first-order chi connectivity index (χ1) is 20.8.